The van der Waals surface area contributed by atoms with Crippen molar-refractivity contribution in [2.45, 2.75) is 13.3 Å². The van der Waals surface area contributed by atoms with Gasteiger partial charge < -0.3 is 5.43 Å². The van der Waals surface area contributed by atoms with Gasteiger partial charge in [-0.25, -0.2) is 20.5 Å². The lowest BCUT2D eigenvalue weighted by Crippen LogP contribution is -2.12. The van der Waals surface area contributed by atoms with Crippen LogP contribution in [0.4, 0.5) is 5.82 Å². The van der Waals surface area contributed by atoms with Gasteiger partial charge >= 0.3 is 0 Å². The quantitative estimate of drug-likeness (QED) is 0.655. The SMILES string of the molecule is CCc1nc(NN)cc(-n2cc(Br)cn2)n1. The first-order valence-corrected chi connectivity index (χ1v) is 5.57. The Labute approximate surface area is 101 Å². The summed E-state index contributed by atoms with van der Waals surface area (Å²) in [5.74, 6) is 7.33. The predicted octanol–water partition coefficient (Wildman–Crippen LogP) is 1.27. The Bertz CT molecular complexity index is 472. The van der Waals surface area contributed by atoms with Crippen LogP contribution in [0.3, 0.4) is 0 Å². The molecular formula is C9H11BrN6. The van der Waals surface area contributed by atoms with Crippen molar-refractivity contribution in [2.75, 3.05) is 5.43 Å². The normalized spacial score (nSPS) is 10.4. The topological polar surface area (TPSA) is 81.6 Å². The number of nitrogens with two attached hydrogens (primary N) is 1. The number of nitrogens with zero attached hydrogens (tertiary/aromatic N) is 4. The largest absolute Gasteiger partial charge is 0.308 e. The summed E-state index contributed by atoms with van der Waals surface area (Å²) in [6.45, 7) is 1.98. The van der Waals surface area contributed by atoms with E-state index in [9.17, 15) is 0 Å². The second kappa shape index (κ2) is 4.58. The van der Waals surface area contributed by atoms with Crippen LogP contribution >= 0.6 is 15.9 Å². The number of rotatable bonds is 3. The van der Waals surface area contributed by atoms with Gasteiger partial charge in [-0.2, -0.15) is 5.10 Å². The van der Waals surface area contributed by atoms with Crippen LogP contribution in [0.1, 0.15) is 12.7 Å². The third kappa shape index (κ3) is 2.20. The highest BCUT2D eigenvalue weighted by molar-refractivity contribution is 9.10. The van der Waals surface area contributed by atoms with Gasteiger partial charge in [-0.05, 0) is 15.9 Å². The molecule has 0 aliphatic rings. The zero-order valence-corrected chi connectivity index (χ0v) is 10.3. The van der Waals surface area contributed by atoms with Crippen molar-refractivity contribution in [1.29, 1.82) is 0 Å². The lowest BCUT2D eigenvalue weighted by Gasteiger charge is -2.06. The molecular weight excluding hydrogens is 272 g/mol. The highest BCUT2D eigenvalue weighted by Crippen LogP contribution is 2.13. The molecule has 0 aliphatic heterocycles. The Morgan fingerprint density at radius 1 is 1.50 bits per heavy atom. The zero-order chi connectivity index (χ0) is 11.5. The average Bonchev–Trinajstić information content (AvgIpc) is 2.75. The summed E-state index contributed by atoms with van der Waals surface area (Å²) < 4.78 is 2.55. The summed E-state index contributed by atoms with van der Waals surface area (Å²) in [7, 11) is 0. The lowest BCUT2D eigenvalue weighted by molar-refractivity contribution is 0.813. The van der Waals surface area contributed by atoms with E-state index in [1.807, 2.05) is 13.1 Å². The first-order chi connectivity index (χ1) is 7.72. The van der Waals surface area contributed by atoms with Crippen molar-refractivity contribution in [1.82, 2.24) is 19.7 Å². The Morgan fingerprint density at radius 3 is 2.88 bits per heavy atom. The van der Waals surface area contributed by atoms with Gasteiger partial charge in [0.25, 0.3) is 0 Å². The monoisotopic (exact) mass is 282 g/mol. The van der Waals surface area contributed by atoms with E-state index in [4.69, 9.17) is 5.84 Å². The van der Waals surface area contributed by atoms with Crippen LogP contribution in [0.25, 0.3) is 5.82 Å². The van der Waals surface area contributed by atoms with Gasteiger partial charge in [0, 0.05) is 18.7 Å². The number of aromatic nitrogens is 4. The minimum atomic E-state index is 0.577. The summed E-state index contributed by atoms with van der Waals surface area (Å²) >= 11 is 3.33. The molecule has 16 heavy (non-hydrogen) atoms. The Hall–Kier alpha value is -1.47. The fourth-order valence-corrected chi connectivity index (χ4v) is 1.54. The van der Waals surface area contributed by atoms with Gasteiger partial charge in [0.2, 0.25) is 0 Å². The van der Waals surface area contributed by atoms with E-state index in [1.165, 1.54) is 0 Å². The fourth-order valence-electron chi connectivity index (χ4n) is 1.26. The first-order valence-electron chi connectivity index (χ1n) is 4.78. The predicted molar refractivity (Wildman–Crippen MR) is 64.0 cm³/mol. The third-order valence-corrected chi connectivity index (χ3v) is 2.42. The van der Waals surface area contributed by atoms with Crippen molar-refractivity contribution in [3.63, 3.8) is 0 Å². The smallest absolute Gasteiger partial charge is 0.159 e. The van der Waals surface area contributed by atoms with Crippen LogP contribution in [-0.4, -0.2) is 19.7 Å². The van der Waals surface area contributed by atoms with E-state index in [1.54, 1.807) is 16.9 Å². The van der Waals surface area contributed by atoms with E-state index in [0.29, 0.717) is 11.6 Å². The van der Waals surface area contributed by atoms with Crippen LogP contribution in [0.2, 0.25) is 0 Å². The molecule has 0 amide bonds. The highest BCUT2D eigenvalue weighted by Gasteiger charge is 2.05. The molecule has 2 heterocycles. The number of halogens is 1. The number of nitrogen functional groups attached to an aromatic ring is 1. The standard InChI is InChI=1S/C9H11BrN6/c1-2-7-13-8(15-11)3-9(14-7)16-5-6(10)4-12-16/h3-5H,2,11H2,1H3,(H,13,14,15). The molecule has 0 unspecified atom stereocenters. The van der Waals surface area contributed by atoms with Crippen LogP contribution in [0.15, 0.2) is 22.9 Å². The molecule has 0 radical (unpaired) electrons. The van der Waals surface area contributed by atoms with E-state index >= 15 is 0 Å². The zero-order valence-electron chi connectivity index (χ0n) is 8.68. The van der Waals surface area contributed by atoms with Gasteiger partial charge in [0.05, 0.1) is 10.7 Å². The molecule has 2 rings (SSSR count). The van der Waals surface area contributed by atoms with Gasteiger partial charge in [-0.3, -0.25) is 0 Å². The molecule has 0 fully saturated rings. The number of hydrogen-bond donors (Lipinski definition) is 2. The summed E-state index contributed by atoms with van der Waals surface area (Å²) in [4.78, 5) is 8.56. The van der Waals surface area contributed by atoms with Crippen LogP contribution in [0, 0.1) is 0 Å². The number of hydrazine groups is 1. The third-order valence-electron chi connectivity index (χ3n) is 2.01. The second-order valence-corrected chi connectivity index (χ2v) is 4.04. The van der Waals surface area contributed by atoms with Gasteiger partial charge in [-0.15, -0.1) is 0 Å². The summed E-state index contributed by atoms with van der Waals surface area (Å²) in [6, 6.07) is 1.73. The van der Waals surface area contributed by atoms with Crippen molar-refractivity contribution in [3.8, 4) is 5.82 Å². The Balaban J connectivity index is 2.47. The van der Waals surface area contributed by atoms with E-state index < -0.39 is 0 Å². The number of hydrogen-bond acceptors (Lipinski definition) is 5. The lowest BCUT2D eigenvalue weighted by atomic mass is 10.4. The second-order valence-electron chi connectivity index (χ2n) is 3.13. The molecule has 2 aromatic rings. The molecule has 0 aliphatic carbocycles. The Kier molecular flexibility index (Phi) is 3.16. The van der Waals surface area contributed by atoms with Crippen LogP contribution in [-0.2, 0) is 6.42 Å². The Morgan fingerprint density at radius 2 is 2.31 bits per heavy atom. The molecule has 6 nitrogen and oxygen atoms in total. The van der Waals surface area contributed by atoms with Crippen molar-refractivity contribution in [2.24, 2.45) is 5.84 Å². The maximum atomic E-state index is 5.35. The van der Waals surface area contributed by atoms with E-state index in [0.717, 1.165) is 16.7 Å². The number of nitrogens with one attached hydrogen (secondary N) is 1. The van der Waals surface area contributed by atoms with Gasteiger partial charge in [0.1, 0.15) is 11.6 Å². The molecule has 0 aromatic carbocycles. The molecule has 7 heteroatoms. The molecule has 0 saturated carbocycles. The fraction of sp³-hybridized carbons (Fsp3) is 0.222. The van der Waals surface area contributed by atoms with Crippen molar-refractivity contribution >= 4 is 21.7 Å². The van der Waals surface area contributed by atoms with E-state index in [-0.39, 0.29) is 0 Å². The summed E-state index contributed by atoms with van der Waals surface area (Å²) in [5, 5.41) is 4.15. The summed E-state index contributed by atoms with van der Waals surface area (Å²) in [5.41, 5.74) is 2.51. The van der Waals surface area contributed by atoms with Gasteiger partial charge in [0.15, 0.2) is 5.82 Å². The van der Waals surface area contributed by atoms with E-state index in [2.05, 4.69) is 36.4 Å². The molecule has 84 valence electrons. The minimum absolute atomic E-state index is 0.577. The highest BCUT2D eigenvalue weighted by atomic mass is 79.9. The minimum Gasteiger partial charge on any atom is -0.308 e. The summed E-state index contributed by atoms with van der Waals surface area (Å²) in [6.07, 6.45) is 4.26. The number of anilines is 1. The van der Waals surface area contributed by atoms with Crippen molar-refractivity contribution < 1.29 is 0 Å². The average molecular weight is 283 g/mol. The molecule has 0 saturated heterocycles. The molecule has 0 bridgehead atoms. The molecule has 0 atom stereocenters. The first kappa shape index (κ1) is 11.0. The molecule has 3 N–H and O–H groups in total. The maximum absolute atomic E-state index is 5.35. The van der Waals surface area contributed by atoms with Crippen molar-refractivity contribution in [3.05, 3.63) is 28.8 Å². The number of aryl methyl sites for hydroxylation is 1. The van der Waals surface area contributed by atoms with Crippen LogP contribution in [0.5, 0.6) is 0 Å². The van der Waals surface area contributed by atoms with Crippen LogP contribution < -0.4 is 11.3 Å². The maximum Gasteiger partial charge on any atom is 0.159 e. The molecule has 0 spiro atoms. The van der Waals surface area contributed by atoms with Gasteiger partial charge in [-0.1, -0.05) is 6.92 Å². The molecule has 2 aromatic heterocycles.